The predicted molar refractivity (Wildman–Crippen MR) is 108 cm³/mol. The first-order chi connectivity index (χ1) is 13.1. The van der Waals surface area contributed by atoms with E-state index in [1.165, 1.54) is 31.4 Å². The van der Waals surface area contributed by atoms with Crippen molar-refractivity contribution >= 4 is 44.9 Å². The lowest BCUT2D eigenvalue weighted by molar-refractivity contribution is -0.146. The van der Waals surface area contributed by atoms with Crippen molar-refractivity contribution in [2.45, 2.75) is 37.6 Å². The molecule has 0 aliphatic heterocycles. The minimum atomic E-state index is -3.58. The Morgan fingerprint density at radius 1 is 1.11 bits per heavy atom. The zero-order chi connectivity index (χ0) is 21.2. The first-order valence-electron chi connectivity index (χ1n) is 8.52. The van der Waals surface area contributed by atoms with Gasteiger partial charge in [-0.05, 0) is 50.3 Å². The molecule has 0 saturated carbocycles. The lowest BCUT2D eigenvalue weighted by Gasteiger charge is -2.12. The maximum Gasteiger partial charge on any atom is 0.306 e. The third-order valence-electron chi connectivity index (χ3n) is 3.17. The van der Waals surface area contributed by atoms with Crippen molar-refractivity contribution in [2.75, 3.05) is 25.6 Å². The Kier molecular flexibility index (Phi) is 10.0. The standard InChI is InChI=1S/C17H25N3O6S2/c1-12(2)20-28(23,24)14-6-4-13(5-7-14)18-17(27)19-15(21)8-9-16(22)26-11-10-25-3/h4-7,12,20H,8-11H2,1-3H3,(H2,18,19,21,27). The minimum absolute atomic E-state index is 0.0358. The number of carbonyl (C=O) groups excluding carboxylic acids is 2. The molecule has 0 bridgehead atoms. The molecule has 3 N–H and O–H groups in total. The highest BCUT2D eigenvalue weighted by Crippen LogP contribution is 2.14. The van der Waals surface area contributed by atoms with Gasteiger partial charge in [-0.25, -0.2) is 13.1 Å². The van der Waals surface area contributed by atoms with Crippen LogP contribution in [0.4, 0.5) is 5.69 Å². The summed E-state index contributed by atoms with van der Waals surface area (Å²) in [5.41, 5.74) is 0.507. The quantitative estimate of drug-likeness (QED) is 0.286. The Morgan fingerprint density at radius 2 is 1.75 bits per heavy atom. The lowest BCUT2D eigenvalue weighted by atomic mass is 10.3. The van der Waals surface area contributed by atoms with E-state index in [1.54, 1.807) is 13.8 Å². The van der Waals surface area contributed by atoms with Crippen LogP contribution in [0.5, 0.6) is 0 Å². The maximum atomic E-state index is 12.1. The van der Waals surface area contributed by atoms with Crippen LogP contribution in [0, 0.1) is 0 Å². The number of anilines is 1. The number of hydrogen-bond donors (Lipinski definition) is 3. The number of ether oxygens (including phenoxy) is 2. The summed E-state index contributed by atoms with van der Waals surface area (Å²) in [5, 5.41) is 5.25. The Hall–Kier alpha value is -2.08. The minimum Gasteiger partial charge on any atom is -0.463 e. The summed E-state index contributed by atoms with van der Waals surface area (Å²) in [4.78, 5) is 23.3. The third-order valence-corrected chi connectivity index (χ3v) is 5.05. The number of methoxy groups -OCH3 is 1. The Balaban J connectivity index is 2.46. The molecule has 0 radical (unpaired) electrons. The van der Waals surface area contributed by atoms with Crippen LogP contribution in [-0.4, -0.2) is 51.8 Å². The summed E-state index contributed by atoms with van der Waals surface area (Å²) in [7, 11) is -2.09. The van der Waals surface area contributed by atoms with E-state index in [4.69, 9.17) is 21.7 Å². The monoisotopic (exact) mass is 431 g/mol. The van der Waals surface area contributed by atoms with Gasteiger partial charge in [0.1, 0.15) is 6.61 Å². The van der Waals surface area contributed by atoms with Crippen molar-refractivity contribution in [3.8, 4) is 0 Å². The topological polar surface area (TPSA) is 123 Å². The number of thiocarbonyl (C=S) groups is 1. The van der Waals surface area contributed by atoms with Gasteiger partial charge in [-0.1, -0.05) is 0 Å². The molecule has 0 unspecified atom stereocenters. The molecule has 0 spiro atoms. The number of amides is 1. The highest BCUT2D eigenvalue weighted by molar-refractivity contribution is 7.89. The van der Waals surface area contributed by atoms with E-state index in [-0.39, 0.29) is 35.5 Å². The smallest absolute Gasteiger partial charge is 0.306 e. The number of rotatable bonds is 10. The highest BCUT2D eigenvalue weighted by atomic mass is 32.2. The Morgan fingerprint density at radius 3 is 2.32 bits per heavy atom. The zero-order valence-electron chi connectivity index (χ0n) is 16.0. The summed E-state index contributed by atoms with van der Waals surface area (Å²) in [5.74, 6) is -0.945. The largest absolute Gasteiger partial charge is 0.463 e. The second-order valence-corrected chi connectivity index (χ2v) is 8.14. The van der Waals surface area contributed by atoms with Crippen molar-refractivity contribution in [3.63, 3.8) is 0 Å². The first-order valence-corrected chi connectivity index (χ1v) is 10.4. The van der Waals surface area contributed by atoms with E-state index in [9.17, 15) is 18.0 Å². The van der Waals surface area contributed by atoms with Gasteiger partial charge in [0.2, 0.25) is 15.9 Å². The van der Waals surface area contributed by atoms with E-state index in [2.05, 4.69) is 15.4 Å². The van der Waals surface area contributed by atoms with Crippen LogP contribution in [0.2, 0.25) is 0 Å². The first kappa shape index (κ1) is 24.0. The third kappa shape index (κ3) is 9.22. The van der Waals surface area contributed by atoms with E-state index in [1.807, 2.05) is 0 Å². The molecule has 11 heteroatoms. The molecule has 0 aliphatic carbocycles. The molecule has 1 rings (SSSR count). The molecule has 1 aromatic carbocycles. The zero-order valence-corrected chi connectivity index (χ0v) is 17.6. The summed E-state index contributed by atoms with van der Waals surface area (Å²) >= 11 is 5.03. The number of benzene rings is 1. The van der Waals surface area contributed by atoms with Crippen LogP contribution in [0.25, 0.3) is 0 Å². The Labute approximate surface area is 170 Å². The second kappa shape index (κ2) is 11.7. The van der Waals surface area contributed by atoms with Crippen LogP contribution in [0.3, 0.4) is 0 Å². The molecule has 1 aromatic rings. The number of carbonyl (C=O) groups is 2. The molecule has 0 aliphatic rings. The fraction of sp³-hybridized carbons (Fsp3) is 0.471. The molecule has 1 amide bonds. The van der Waals surface area contributed by atoms with Gasteiger partial charge in [-0.3, -0.25) is 9.59 Å². The fourth-order valence-corrected chi connectivity index (χ4v) is 3.46. The van der Waals surface area contributed by atoms with E-state index in [0.29, 0.717) is 12.3 Å². The summed E-state index contributed by atoms with van der Waals surface area (Å²) in [6.07, 6.45) is -0.154. The molecule has 0 fully saturated rings. The summed E-state index contributed by atoms with van der Waals surface area (Å²) < 4.78 is 36.2. The van der Waals surface area contributed by atoms with Crippen LogP contribution in [0.15, 0.2) is 29.2 Å². The van der Waals surface area contributed by atoms with E-state index >= 15 is 0 Å². The van der Waals surface area contributed by atoms with Gasteiger partial charge in [0.25, 0.3) is 0 Å². The number of sulfonamides is 1. The van der Waals surface area contributed by atoms with Gasteiger partial charge in [0, 0.05) is 25.3 Å². The van der Waals surface area contributed by atoms with Crippen molar-refractivity contribution in [1.29, 1.82) is 0 Å². The van der Waals surface area contributed by atoms with E-state index in [0.717, 1.165) is 0 Å². The number of hydrogen-bond acceptors (Lipinski definition) is 7. The maximum absolute atomic E-state index is 12.1. The van der Waals surface area contributed by atoms with Gasteiger partial charge >= 0.3 is 5.97 Å². The normalized spacial score (nSPS) is 11.1. The fourth-order valence-electron chi connectivity index (χ4n) is 1.97. The lowest BCUT2D eigenvalue weighted by Crippen LogP contribution is -2.34. The average Bonchev–Trinajstić information content (AvgIpc) is 2.59. The SMILES string of the molecule is COCCOC(=O)CCC(=O)NC(=S)Nc1ccc(S(=O)(=O)NC(C)C)cc1. The summed E-state index contributed by atoms with van der Waals surface area (Å²) in [6.45, 7) is 3.89. The molecule has 156 valence electrons. The van der Waals surface area contributed by atoms with Gasteiger partial charge in [0.15, 0.2) is 5.11 Å². The van der Waals surface area contributed by atoms with Crippen molar-refractivity contribution in [2.24, 2.45) is 0 Å². The molecule has 0 heterocycles. The molecule has 0 atom stereocenters. The Bertz CT molecular complexity index is 779. The van der Waals surface area contributed by atoms with Crippen molar-refractivity contribution in [1.82, 2.24) is 10.0 Å². The van der Waals surface area contributed by atoms with Crippen LogP contribution >= 0.6 is 12.2 Å². The van der Waals surface area contributed by atoms with Crippen LogP contribution in [0.1, 0.15) is 26.7 Å². The number of nitrogens with one attached hydrogen (secondary N) is 3. The van der Waals surface area contributed by atoms with E-state index < -0.39 is 21.9 Å². The van der Waals surface area contributed by atoms with Gasteiger partial charge in [-0.2, -0.15) is 0 Å². The van der Waals surface area contributed by atoms with Crippen LogP contribution < -0.4 is 15.4 Å². The van der Waals surface area contributed by atoms with Gasteiger partial charge in [-0.15, -0.1) is 0 Å². The number of esters is 1. The summed E-state index contributed by atoms with van der Waals surface area (Å²) in [6, 6.07) is 5.69. The van der Waals surface area contributed by atoms with Gasteiger partial charge in [0.05, 0.1) is 17.9 Å². The average molecular weight is 432 g/mol. The van der Waals surface area contributed by atoms with Crippen molar-refractivity contribution < 1.29 is 27.5 Å². The van der Waals surface area contributed by atoms with Gasteiger partial charge < -0.3 is 20.1 Å². The van der Waals surface area contributed by atoms with Crippen LogP contribution in [-0.2, 0) is 29.1 Å². The highest BCUT2D eigenvalue weighted by Gasteiger charge is 2.15. The molecule has 0 aromatic heterocycles. The second-order valence-electron chi connectivity index (χ2n) is 6.02. The molecular weight excluding hydrogens is 406 g/mol. The van der Waals surface area contributed by atoms with Crippen molar-refractivity contribution in [3.05, 3.63) is 24.3 Å². The molecular formula is C17H25N3O6S2. The predicted octanol–water partition coefficient (Wildman–Crippen LogP) is 1.16. The molecule has 0 saturated heterocycles. The molecule has 9 nitrogen and oxygen atoms in total. The molecule has 28 heavy (non-hydrogen) atoms.